The Bertz CT molecular complexity index is 1020. The largest absolute Gasteiger partial charge is 0.493 e. The van der Waals surface area contributed by atoms with E-state index in [-0.39, 0.29) is 18.0 Å². The van der Waals surface area contributed by atoms with Crippen molar-refractivity contribution in [1.82, 2.24) is 15.1 Å². The van der Waals surface area contributed by atoms with Gasteiger partial charge in [0.2, 0.25) is 5.88 Å². The highest BCUT2D eigenvalue weighted by Crippen LogP contribution is 2.26. The molecule has 3 rings (SSSR count). The number of nitrogens with zero attached hydrogens (tertiary/aromatic N) is 2. The average molecular weight is 420 g/mol. The van der Waals surface area contributed by atoms with Crippen LogP contribution in [-0.4, -0.2) is 31.9 Å². The van der Waals surface area contributed by atoms with Crippen molar-refractivity contribution in [3.8, 4) is 11.6 Å². The van der Waals surface area contributed by atoms with E-state index in [1.165, 1.54) is 10.7 Å². The molecule has 0 saturated carbocycles. The van der Waals surface area contributed by atoms with E-state index in [1.807, 2.05) is 0 Å². The zero-order valence-corrected chi connectivity index (χ0v) is 15.9. The number of carbonyl (C=O) groups is 2. The normalized spacial score (nSPS) is 11.8. The van der Waals surface area contributed by atoms with Crippen molar-refractivity contribution in [3.05, 3.63) is 75.9 Å². The maximum Gasteiger partial charge on any atom is 0.305 e. The maximum absolute atomic E-state index is 12.6. The molecule has 1 heterocycles. The van der Waals surface area contributed by atoms with Crippen LogP contribution < -0.4 is 5.32 Å². The van der Waals surface area contributed by atoms with Gasteiger partial charge in [0.25, 0.3) is 5.91 Å². The number of carbonyl (C=O) groups excluding carboxylic acids is 1. The van der Waals surface area contributed by atoms with E-state index in [2.05, 4.69) is 10.4 Å². The summed E-state index contributed by atoms with van der Waals surface area (Å²) >= 11 is 12.0. The number of carboxylic acid groups (broad SMARTS) is 1. The predicted molar refractivity (Wildman–Crippen MR) is 104 cm³/mol. The van der Waals surface area contributed by atoms with Gasteiger partial charge in [-0.3, -0.25) is 9.59 Å². The Morgan fingerprint density at radius 3 is 2.43 bits per heavy atom. The predicted octanol–water partition coefficient (Wildman–Crippen LogP) is 3.83. The number of benzene rings is 2. The molecule has 0 aliphatic rings. The van der Waals surface area contributed by atoms with Crippen LogP contribution in [0.15, 0.2) is 54.6 Å². The number of hydrogen-bond acceptors (Lipinski definition) is 4. The second-order valence-corrected chi connectivity index (χ2v) is 6.77. The summed E-state index contributed by atoms with van der Waals surface area (Å²) in [6.45, 7) is 0. The lowest BCUT2D eigenvalue weighted by molar-refractivity contribution is -0.137. The van der Waals surface area contributed by atoms with Crippen molar-refractivity contribution >= 4 is 35.1 Å². The van der Waals surface area contributed by atoms with Crippen molar-refractivity contribution in [2.24, 2.45) is 0 Å². The van der Waals surface area contributed by atoms with Crippen LogP contribution in [0.4, 0.5) is 0 Å². The maximum atomic E-state index is 12.6. The molecule has 1 atom stereocenters. The van der Waals surface area contributed by atoms with Gasteiger partial charge in [-0.2, -0.15) is 5.10 Å². The van der Waals surface area contributed by atoms with Crippen molar-refractivity contribution in [2.75, 3.05) is 0 Å². The first-order valence-corrected chi connectivity index (χ1v) is 8.93. The fraction of sp³-hybridized carbons (Fsp3) is 0.105. The molecule has 0 radical (unpaired) electrons. The minimum absolute atomic E-state index is 0.0742. The van der Waals surface area contributed by atoms with Crippen LogP contribution in [0.25, 0.3) is 5.69 Å². The number of aliphatic carboxylic acids is 1. The summed E-state index contributed by atoms with van der Waals surface area (Å²) in [5, 5.41) is 26.8. The quantitative estimate of drug-likeness (QED) is 0.562. The van der Waals surface area contributed by atoms with E-state index in [9.17, 15) is 19.8 Å². The lowest BCUT2D eigenvalue weighted by Crippen LogP contribution is -2.30. The Hall–Kier alpha value is -3.03. The minimum atomic E-state index is -1.10. The second kappa shape index (κ2) is 8.33. The molecule has 1 amide bonds. The fourth-order valence-electron chi connectivity index (χ4n) is 2.66. The van der Waals surface area contributed by atoms with Gasteiger partial charge in [0.05, 0.1) is 18.2 Å². The van der Waals surface area contributed by atoms with Crippen molar-refractivity contribution in [2.45, 2.75) is 12.5 Å². The third-order valence-corrected chi connectivity index (χ3v) is 4.56. The zero-order valence-electron chi connectivity index (χ0n) is 14.3. The van der Waals surface area contributed by atoms with Gasteiger partial charge in [-0.05, 0) is 35.9 Å². The number of aromatic nitrogens is 2. The summed E-state index contributed by atoms with van der Waals surface area (Å²) in [4.78, 5) is 23.8. The van der Waals surface area contributed by atoms with Crippen molar-refractivity contribution < 1.29 is 19.8 Å². The highest BCUT2D eigenvalue weighted by atomic mass is 35.5. The second-order valence-electron chi connectivity index (χ2n) is 5.92. The molecule has 2 aromatic carbocycles. The molecule has 3 N–H and O–H groups in total. The van der Waals surface area contributed by atoms with Gasteiger partial charge < -0.3 is 15.5 Å². The Kier molecular flexibility index (Phi) is 5.87. The van der Waals surface area contributed by atoms with E-state index in [1.54, 1.807) is 48.5 Å². The molecule has 0 spiro atoms. The Morgan fingerprint density at radius 1 is 1.11 bits per heavy atom. The van der Waals surface area contributed by atoms with Crippen LogP contribution in [0.2, 0.25) is 10.0 Å². The van der Waals surface area contributed by atoms with E-state index in [0.29, 0.717) is 21.3 Å². The smallest absolute Gasteiger partial charge is 0.305 e. The van der Waals surface area contributed by atoms with Gasteiger partial charge in [-0.1, -0.05) is 41.4 Å². The van der Waals surface area contributed by atoms with Crippen LogP contribution in [0.5, 0.6) is 5.88 Å². The van der Waals surface area contributed by atoms with Gasteiger partial charge in [-0.15, -0.1) is 0 Å². The Morgan fingerprint density at radius 2 is 1.79 bits per heavy atom. The molecule has 7 nitrogen and oxygen atoms in total. The minimum Gasteiger partial charge on any atom is -0.493 e. The van der Waals surface area contributed by atoms with Crippen LogP contribution in [0, 0.1) is 0 Å². The van der Waals surface area contributed by atoms with Gasteiger partial charge in [0.1, 0.15) is 0 Å². The van der Waals surface area contributed by atoms with Crippen molar-refractivity contribution in [3.63, 3.8) is 0 Å². The molecule has 3 aromatic rings. The van der Waals surface area contributed by atoms with Gasteiger partial charge in [0, 0.05) is 16.1 Å². The molecule has 144 valence electrons. The highest BCUT2D eigenvalue weighted by Gasteiger charge is 2.23. The zero-order chi connectivity index (χ0) is 20.3. The summed E-state index contributed by atoms with van der Waals surface area (Å²) in [5.74, 6) is -1.99. The first kappa shape index (κ1) is 19.7. The van der Waals surface area contributed by atoms with Crippen molar-refractivity contribution in [1.29, 1.82) is 0 Å². The van der Waals surface area contributed by atoms with E-state index >= 15 is 0 Å². The lowest BCUT2D eigenvalue weighted by Gasteiger charge is -2.18. The van der Waals surface area contributed by atoms with Gasteiger partial charge in [0.15, 0.2) is 5.69 Å². The summed E-state index contributed by atoms with van der Waals surface area (Å²) in [5.41, 5.74) is 0.908. The molecular weight excluding hydrogens is 405 g/mol. The molecule has 0 unspecified atom stereocenters. The standard InChI is InChI=1S/C19H15Cl2N3O4/c20-11-5-7-12(8-6-11)24-17(25)9-16(23-24)19(28)22-15(10-18(26)27)13-3-1-2-4-14(13)21/h1-9,15,25H,10H2,(H,22,28)(H,26,27)/t15-/m0/s1. The molecule has 28 heavy (non-hydrogen) atoms. The first-order valence-electron chi connectivity index (χ1n) is 8.17. The van der Waals surface area contributed by atoms with E-state index in [0.717, 1.165) is 0 Å². The molecule has 0 saturated heterocycles. The number of hydrogen-bond donors (Lipinski definition) is 3. The first-order chi connectivity index (χ1) is 13.3. The monoisotopic (exact) mass is 419 g/mol. The summed E-state index contributed by atoms with van der Waals surface area (Å²) in [6.07, 6.45) is -0.362. The number of carboxylic acids is 1. The average Bonchev–Trinajstić information content (AvgIpc) is 3.04. The van der Waals surface area contributed by atoms with Crippen LogP contribution in [-0.2, 0) is 4.79 Å². The topological polar surface area (TPSA) is 104 Å². The summed E-state index contributed by atoms with van der Waals surface area (Å²) in [7, 11) is 0. The number of aromatic hydroxyl groups is 1. The number of nitrogens with one attached hydrogen (secondary N) is 1. The Balaban J connectivity index is 1.86. The van der Waals surface area contributed by atoms with Crippen LogP contribution >= 0.6 is 23.2 Å². The number of rotatable bonds is 6. The fourth-order valence-corrected chi connectivity index (χ4v) is 3.05. The van der Waals surface area contributed by atoms with Crippen LogP contribution in [0.1, 0.15) is 28.5 Å². The highest BCUT2D eigenvalue weighted by molar-refractivity contribution is 6.31. The van der Waals surface area contributed by atoms with Crippen LogP contribution in [0.3, 0.4) is 0 Å². The molecule has 0 aliphatic carbocycles. The van der Waals surface area contributed by atoms with E-state index < -0.39 is 17.9 Å². The summed E-state index contributed by atoms with van der Waals surface area (Å²) in [6, 6.07) is 13.5. The number of amides is 1. The molecule has 0 bridgehead atoms. The number of halogens is 2. The van der Waals surface area contributed by atoms with Gasteiger partial charge in [-0.25, -0.2) is 4.68 Å². The SMILES string of the molecule is O=C(O)C[C@H](NC(=O)c1cc(O)n(-c2ccc(Cl)cc2)n1)c1ccccc1Cl. The molecular formula is C19H15Cl2N3O4. The Labute approximate surface area is 170 Å². The molecule has 9 heteroatoms. The third-order valence-electron chi connectivity index (χ3n) is 3.96. The summed E-state index contributed by atoms with van der Waals surface area (Å²) < 4.78 is 1.17. The molecule has 1 aromatic heterocycles. The molecule has 0 aliphatic heterocycles. The third kappa shape index (κ3) is 4.44. The van der Waals surface area contributed by atoms with E-state index in [4.69, 9.17) is 23.2 Å². The molecule has 0 fully saturated rings. The lowest BCUT2D eigenvalue weighted by atomic mass is 10.0. The van der Waals surface area contributed by atoms with Gasteiger partial charge >= 0.3 is 5.97 Å².